The van der Waals surface area contributed by atoms with Gasteiger partial charge in [0.15, 0.2) is 5.13 Å². The van der Waals surface area contributed by atoms with Gasteiger partial charge in [-0.1, -0.05) is 12.8 Å². The minimum Gasteiger partial charge on any atom is -0.335 e. The maximum Gasteiger partial charge on any atom is 0.321 e. The van der Waals surface area contributed by atoms with Crippen LogP contribution < -0.4 is 16.0 Å². The summed E-state index contributed by atoms with van der Waals surface area (Å²) >= 11 is 1.44. The van der Waals surface area contributed by atoms with E-state index >= 15 is 0 Å². The number of nitrogens with one attached hydrogen (secondary N) is 3. The van der Waals surface area contributed by atoms with Crippen molar-refractivity contribution in [2.75, 3.05) is 23.7 Å². The molecule has 0 radical (unpaired) electrons. The molecule has 4 rings (SSSR count). The molecule has 31 heavy (non-hydrogen) atoms. The van der Waals surface area contributed by atoms with E-state index in [-0.39, 0.29) is 30.2 Å². The molecular formula is C20H24N6O4S. The largest absolute Gasteiger partial charge is 0.335 e. The molecule has 1 saturated carbocycles. The van der Waals surface area contributed by atoms with Crippen molar-refractivity contribution in [2.24, 2.45) is 0 Å². The van der Waals surface area contributed by atoms with Gasteiger partial charge in [-0.05, 0) is 25.0 Å². The molecule has 0 saturated heterocycles. The minimum absolute atomic E-state index is 0.0203. The van der Waals surface area contributed by atoms with E-state index in [1.54, 1.807) is 0 Å². The molecule has 0 unspecified atom stereocenters. The average Bonchev–Trinajstić information content (AvgIpc) is 3.37. The number of anilines is 2. The fourth-order valence-corrected chi connectivity index (χ4v) is 4.94. The SMILES string of the molecule is O=C(CN1CCc2nc(NC(=O)NC3CCCC3)sc2C1)Nc1ccc([N+](=O)[O-])cc1. The van der Waals surface area contributed by atoms with Gasteiger partial charge < -0.3 is 10.6 Å². The molecule has 2 aromatic rings. The number of rotatable bonds is 6. The lowest BCUT2D eigenvalue weighted by atomic mass is 10.2. The first-order valence-electron chi connectivity index (χ1n) is 10.3. The second-order valence-corrected chi connectivity index (χ2v) is 8.87. The van der Waals surface area contributed by atoms with E-state index in [0.29, 0.717) is 30.3 Å². The first-order valence-corrected chi connectivity index (χ1v) is 11.1. The molecule has 0 bridgehead atoms. The van der Waals surface area contributed by atoms with Gasteiger partial charge in [-0.2, -0.15) is 0 Å². The van der Waals surface area contributed by atoms with Crippen molar-refractivity contribution in [3.63, 3.8) is 0 Å². The summed E-state index contributed by atoms with van der Waals surface area (Å²) in [7, 11) is 0. The number of thiazole rings is 1. The number of hydrogen-bond donors (Lipinski definition) is 3. The Labute approximate surface area is 183 Å². The molecule has 2 aliphatic rings. The monoisotopic (exact) mass is 444 g/mol. The zero-order valence-corrected chi connectivity index (χ0v) is 17.7. The number of nitro groups is 1. The van der Waals surface area contributed by atoms with Crippen molar-refractivity contribution in [1.82, 2.24) is 15.2 Å². The van der Waals surface area contributed by atoms with Crippen LogP contribution in [0.4, 0.5) is 21.3 Å². The summed E-state index contributed by atoms with van der Waals surface area (Å²) < 4.78 is 0. The van der Waals surface area contributed by atoms with Crippen LogP contribution >= 0.6 is 11.3 Å². The quantitative estimate of drug-likeness (QED) is 0.464. The summed E-state index contributed by atoms with van der Waals surface area (Å²) in [5.41, 5.74) is 1.46. The summed E-state index contributed by atoms with van der Waals surface area (Å²) in [6.45, 7) is 1.49. The average molecular weight is 445 g/mol. The molecule has 10 nitrogen and oxygen atoms in total. The number of carbonyl (C=O) groups excluding carboxylic acids is 2. The molecule has 164 valence electrons. The van der Waals surface area contributed by atoms with Crippen LogP contribution in [-0.2, 0) is 17.8 Å². The van der Waals surface area contributed by atoms with Crippen molar-refractivity contribution < 1.29 is 14.5 Å². The number of carbonyl (C=O) groups is 2. The summed E-state index contributed by atoms with van der Waals surface area (Å²) in [5.74, 6) is -0.184. The number of hydrogen-bond acceptors (Lipinski definition) is 7. The lowest BCUT2D eigenvalue weighted by Crippen LogP contribution is -2.36. The number of nitro benzene ring substituents is 1. The Kier molecular flexibility index (Phi) is 6.42. The van der Waals surface area contributed by atoms with Crippen molar-refractivity contribution >= 4 is 39.8 Å². The predicted octanol–water partition coefficient (Wildman–Crippen LogP) is 3.11. The highest BCUT2D eigenvalue weighted by Crippen LogP contribution is 2.28. The minimum atomic E-state index is -0.479. The van der Waals surface area contributed by atoms with E-state index in [1.807, 2.05) is 4.90 Å². The predicted molar refractivity (Wildman–Crippen MR) is 117 cm³/mol. The molecule has 1 aromatic heterocycles. The lowest BCUT2D eigenvalue weighted by Gasteiger charge is -2.25. The Hall–Kier alpha value is -3.05. The maximum absolute atomic E-state index is 12.4. The van der Waals surface area contributed by atoms with Crippen LogP contribution in [0.25, 0.3) is 0 Å². The van der Waals surface area contributed by atoms with Crippen LogP contribution in [0.5, 0.6) is 0 Å². The van der Waals surface area contributed by atoms with Crippen molar-refractivity contribution in [3.8, 4) is 0 Å². The third-order valence-electron chi connectivity index (χ3n) is 5.45. The Morgan fingerprint density at radius 1 is 1.19 bits per heavy atom. The third kappa shape index (κ3) is 5.56. The molecule has 1 fully saturated rings. The van der Waals surface area contributed by atoms with Crippen LogP contribution in [0.15, 0.2) is 24.3 Å². The van der Waals surface area contributed by atoms with Gasteiger partial charge in [-0.15, -0.1) is 11.3 Å². The Bertz CT molecular complexity index is 971. The summed E-state index contributed by atoms with van der Waals surface area (Å²) in [4.78, 5) is 42.4. The van der Waals surface area contributed by atoms with Crippen molar-refractivity contribution in [2.45, 2.75) is 44.7 Å². The van der Waals surface area contributed by atoms with E-state index in [2.05, 4.69) is 20.9 Å². The van der Waals surface area contributed by atoms with Gasteiger partial charge in [0.25, 0.3) is 5.69 Å². The zero-order chi connectivity index (χ0) is 21.8. The molecule has 0 atom stereocenters. The van der Waals surface area contributed by atoms with Gasteiger partial charge >= 0.3 is 6.03 Å². The van der Waals surface area contributed by atoms with Gasteiger partial charge in [0, 0.05) is 48.2 Å². The first kappa shape index (κ1) is 21.2. The van der Waals surface area contributed by atoms with Crippen LogP contribution in [0.3, 0.4) is 0 Å². The highest BCUT2D eigenvalue weighted by molar-refractivity contribution is 7.15. The standard InChI is InChI=1S/C20H24N6O4S/c27-18(21-14-5-7-15(8-6-14)26(29)30)12-25-10-9-16-17(11-25)31-20(23-16)24-19(28)22-13-3-1-2-4-13/h5-8,13H,1-4,9-12H2,(H,21,27)(H2,22,23,24,28). The van der Waals surface area contributed by atoms with E-state index in [4.69, 9.17) is 0 Å². The van der Waals surface area contributed by atoms with Gasteiger partial charge in [0.05, 0.1) is 17.2 Å². The molecule has 0 spiro atoms. The normalized spacial score (nSPS) is 16.5. The Balaban J connectivity index is 1.27. The summed E-state index contributed by atoms with van der Waals surface area (Å²) in [5, 5.41) is 19.9. The number of benzene rings is 1. The number of fused-ring (bicyclic) bond motifs is 1. The van der Waals surface area contributed by atoms with Gasteiger partial charge in [0.2, 0.25) is 5.91 Å². The molecule has 1 aliphatic heterocycles. The maximum atomic E-state index is 12.4. The highest BCUT2D eigenvalue weighted by Gasteiger charge is 2.24. The molecule has 1 aliphatic carbocycles. The number of non-ortho nitro benzene ring substituents is 1. The smallest absolute Gasteiger partial charge is 0.321 e. The molecule has 1 aromatic carbocycles. The number of amides is 3. The number of aromatic nitrogens is 1. The van der Waals surface area contributed by atoms with Crippen molar-refractivity contribution in [1.29, 1.82) is 0 Å². The number of nitrogens with zero attached hydrogens (tertiary/aromatic N) is 3. The zero-order valence-electron chi connectivity index (χ0n) is 16.9. The molecular weight excluding hydrogens is 420 g/mol. The first-order chi connectivity index (χ1) is 15.0. The van der Waals surface area contributed by atoms with Crippen LogP contribution in [0.2, 0.25) is 0 Å². The van der Waals surface area contributed by atoms with Gasteiger partial charge in [-0.25, -0.2) is 9.78 Å². The fourth-order valence-electron chi connectivity index (χ4n) is 3.90. The van der Waals surface area contributed by atoms with E-state index in [1.165, 1.54) is 35.6 Å². The Morgan fingerprint density at radius 2 is 1.94 bits per heavy atom. The second-order valence-electron chi connectivity index (χ2n) is 7.78. The molecule has 3 N–H and O–H groups in total. The highest BCUT2D eigenvalue weighted by atomic mass is 32.1. The fraction of sp³-hybridized carbons (Fsp3) is 0.450. The second kappa shape index (κ2) is 9.40. The van der Waals surface area contributed by atoms with Gasteiger partial charge in [-0.3, -0.25) is 25.1 Å². The van der Waals surface area contributed by atoms with Crippen LogP contribution in [0, 0.1) is 10.1 Å². The summed E-state index contributed by atoms with van der Waals surface area (Å²) in [6.07, 6.45) is 5.08. The topological polar surface area (TPSA) is 130 Å². The van der Waals surface area contributed by atoms with E-state index in [0.717, 1.165) is 36.3 Å². The van der Waals surface area contributed by atoms with Crippen LogP contribution in [0.1, 0.15) is 36.3 Å². The molecule has 3 amide bonds. The summed E-state index contributed by atoms with van der Waals surface area (Å²) in [6, 6.07) is 5.79. The van der Waals surface area contributed by atoms with Gasteiger partial charge in [0.1, 0.15) is 0 Å². The van der Waals surface area contributed by atoms with E-state index < -0.39 is 4.92 Å². The van der Waals surface area contributed by atoms with Crippen molar-refractivity contribution in [3.05, 3.63) is 45.0 Å². The molecule has 2 heterocycles. The lowest BCUT2D eigenvalue weighted by molar-refractivity contribution is -0.384. The van der Waals surface area contributed by atoms with E-state index in [9.17, 15) is 19.7 Å². The molecule has 11 heteroatoms. The third-order valence-corrected chi connectivity index (χ3v) is 6.45. The van der Waals surface area contributed by atoms with Crippen LogP contribution in [-0.4, -0.2) is 45.9 Å². The number of urea groups is 1. The Morgan fingerprint density at radius 3 is 2.65 bits per heavy atom.